The molecule has 8 heteroatoms. The van der Waals surface area contributed by atoms with Crippen molar-refractivity contribution in [2.24, 2.45) is 21.5 Å². The Balaban J connectivity index is 1.74. The number of nitrogens with one attached hydrogen (secondary N) is 1. The lowest BCUT2D eigenvalue weighted by Crippen LogP contribution is -2.29. The van der Waals surface area contributed by atoms with Crippen LogP contribution in [0.2, 0.25) is 0 Å². The van der Waals surface area contributed by atoms with E-state index in [1.165, 1.54) is 0 Å². The summed E-state index contributed by atoms with van der Waals surface area (Å²) in [5.74, 6) is -0.738. The number of rotatable bonds is 5. The average molecular weight is 319 g/mol. The van der Waals surface area contributed by atoms with Crippen LogP contribution in [0, 0.1) is 0 Å². The highest BCUT2D eigenvalue weighted by atomic mass is 32.2. The summed E-state index contributed by atoms with van der Waals surface area (Å²) in [6.07, 6.45) is 0.805. The van der Waals surface area contributed by atoms with E-state index in [1.807, 2.05) is 30.3 Å². The number of carbonyl (C=O) groups is 2. The summed E-state index contributed by atoms with van der Waals surface area (Å²) in [6, 6.07) is 9.84. The van der Waals surface area contributed by atoms with Gasteiger partial charge in [-0.2, -0.15) is 9.98 Å². The third-order valence-corrected chi connectivity index (χ3v) is 3.95. The zero-order chi connectivity index (χ0) is 15.9. The molecule has 0 spiro atoms. The fourth-order valence-corrected chi connectivity index (χ4v) is 2.84. The predicted molar refractivity (Wildman–Crippen MR) is 87.4 cm³/mol. The quantitative estimate of drug-likeness (QED) is 0.521. The first-order chi connectivity index (χ1) is 10.5. The number of hydrogen-bond donors (Lipinski definition) is 3. The van der Waals surface area contributed by atoms with E-state index in [9.17, 15) is 9.59 Å². The number of guanidine groups is 1. The third kappa shape index (κ3) is 4.88. The van der Waals surface area contributed by atoms with Gasteiger partial charge < -0.3 is 16.8 Å². The van der Waals surface area contributed by atoms with Gasteiger partial charge in [-0.05, 0) is 12.0 Å². The van der Waals surface area contributed by atoms with E-state index < -0.39 is 5.25 Å². The van der Waals surface area contributed by atoms with Gasteiger partial charge in [-0.1, -0.05) is 42.1 Å². The molecule has 1 aliphatic rings. The van der Waals surface area contributed by atoms with Crippen LogP contribution in [0.15, 0.2) is 40.3 Å². The summed E-state index contributed by atoms with van der Waals surface area (Å²) >= 11 is 1.10. The summed E-state index contributed by atoms with van der Waals surface area (Å²) in [5, 5.41) is 2.43. The highest BCUT2D eigenvalue weighted by molar-refractivity contribution is 8.15. The van der Waals surface area contributed by atoms with Crippen LogP contribution < -0.4 is 16.8 Å². The van der Waals surface area contributed by atoms with Crippen LogP contribution >= 0.6 is 11.8 Å². The number of aliphatic imine (C=N–C) groups is 2. The molecule has 1 atom stereocenters. The minimum atomic E-state index is -0.560. The van der Waals surface area contributed by atoms with Gasteiger partial charge >= 0.3 is 0 Å². The van der Waals surface area contributed by atoms with Crippen molar-refractivity contribution in [1.82, 2.24) is 5.32 Å². The Morgan fingerprint density at radius 2 is 2.05 bits per heavy atom. The Morgan fingerprint density at radius 1 is 1.32 bits per heavy atom. The number of amidine groups is 1. The molecule has 7 nitrogen and oxygen atoms in total. The lowest BCUT2D eigenvalue weighted by Gasteiger charge is -2.08. The summed E-state index contributed by atoms with van der Waals surface area (Å²) in [4.78, 5) is 30.9. The zero-order valence-electron chi connectivity index (χ0n) is 11.9. The molecule has 5 N–H and O–H groups in total. The summed E-state index contributed by atoms with van der Waals surface area (Å²) < 4.78 is 0. The molecule has 0 fully saturated rings. The number of nitrogens with zero attached hydrogens (tertiary/aromatic N) is 2. The second-order valence-corrected chi connectivity index (χ2v) is 5.84. The van der Waals surface area contributed by atoms with Gasteiger partial charge in [0, 0.05) is 13.0 Å². The number of benzene rings is 1. The van der Waals surface area contributed by atoms with Crippen molar-refractivity contribution < 1.29 is 9.59 Å². The molecule has 0 saturated heterocycles. The summed E-state index contributed by atoms with van der Waals surface area (Å²) in [7, 11) is 0. The van der Waals surface area contributed by atoms with E-state index in [0.717, 1.165) is 23.7 Å². The lowest BCUT2D eigenvalue weighted by atomic mass is 10.1. The number of hydrogen-bond acceptors (Lipinski definition) is 4. The molecular weight excluding hydrogens is 302 g/mol. The van der Waals surface area contributed by atoms with Gasteiger partial charge in [0.25, 0.3) is 5.91 Å². The van der Waals surface area contributed by atoms with E-state index in [1.54, 1.807) is 0 Å². The summed E-state index contributed by atoms with van der Waals surface area (Å²) in [5.41, 5.74) is 11.6. The Morgan fingerprint density at radius 3 is 2.73 bits per heavy atom. The lowest BCUT2D eigenvalue weighted by molar-refractivity contribution is -0.124. The van der Waals surface area contributed by atoms with E-state index in [0.29, 0.717) is 6.54 Å². The molecule has 0 aliphatic carbocycles. The fraction of sp³-hybridized carbons (Fsp3) is 0.286. The molecule has 1 heterocycles. The number of nitrogens with two attached hydrogens (primary N) is 2. The van der Waals surface area contributed by atoms with Crippen molar-refractivity contribution in [3.05, 3.63) is 35.9 Å². The molecule has 0 unspecified atom stereocenters. The Bertz CT molecular complexity index is 611. The SMILES string of the molecule is NC(N)=NC1=NC(=O)[C@H](CC(=O)NCCc2ccccc2)S1. The topological polar surface area (TPSA) is 123 Å². The minimum absolute atomic E-state index is 0.0608. The van der Waals surface area contributed by atoms with E-state index in [-0.39, 0.29) is 29.4 Å². The second kappa shape index (κ2) is 7.60. The summed E-state index contributed by atoms with van der Waals surface area (Å²) in [6.45, 7) is 0.524. The average Bonchev–Trinajstić information content (AvgIpc) is 2.79. The van der Waals surface area contributed by atoms with Gasteiger partial charge in [0.05, 0.1) is 0 Å². The van der Waals surface area contributed by atoms with Gasteiger partial charge in [0.2, 0.25) is 5.91 Å². The van der Waals surface area contributed by atoms with E-state index >= 15 is 0 Å². The molecule has 1 aromatic rings. The largest absolute Gasteiger partial charge is 0.370 e. The highest BCUT2D eigenvalue weighted by Gasteiger charge is 2.30. The van der Waals surface area contributed by atoms with Crippen molar-refractivity contribution in [3.63, 3.8) is 0 Å². The number of carbonyl (C=O) groups excluding carboxylic acids is 2. The first kappa shape index (κ1) is 16.0. The minimum Gasteiger partial charge on any atom is -0.370 e. The molecule has 0 radical (unpaired) electrons. The molecule has 116 valence electrons. The van der Waals surface area contributed by atoms with Crippen molar-refractivity contribution in [3.8, 4) is 0 Å². The van der Waals surface area contributed by atoms with E-state index in [4.69, 9.17) is 11.5 Å². The van der Waals surface area contributed by atoms with Crippen molar-refractivity contribution in [1.29, 1.82) is 0 Å². The van der Waals surface area contributed by atoms with Gasteiger partial charge in [-0.25, -0.2) is 0 Å². The maximum atomic E-state index is 11.9. The molecule has 1 aromatic carbocycles. The number of amides is 2. The van der Waals surface area contributed by atoms with E-state index in [2.05, 4.69) is 15.3 Å². The zero-order valence-corrected chi connectivity index (χ0v) is 12.7. The predicted octanol–water partition coefficient (Wildman–Crippen LogP) is 0.00680. The van der Waals surface area contributed by atoms with Crippen LogP contribution in [-0.4, -0.2) is 34.7 Å². The van der Waals surface area contributed by atoms with Crippen LogP contribution in [0.4, 0.5) is 0 Å². The fourth-order valence-electron chi connectivity index (χ4n) is 1.89. The molecule has 1 aliphatic heterocycles. The molecule has 2 rings (SSSR count). The monoisotopic (exact) mass is 319 g/mol. The van der Waals surface area contributed by atoms with Crippen LogP contribution in [-0.2, 0) is 16.0 Å². The van der Waals surface area contributed by atoms with Crippen molar-refractivity contribution in [2.45, 2.75) is 18.1 Å². The Hall–Kier alpha value is -2.35. The third-order valence-electron chi connectivity index (χ3n) is 2.90. The maximum Gasteiger partial charge on any atom is 0.262 e. The van der Waals surface area contributed by atoms with Crippen molar-refractivity contribution in [2.75, 3.05) is 6.54 Å². The Kier molecular flexibility index (Phi) is 5.54. The molecular formula is C14H17N5O2S. The van der Waals surface area contributed by atoms with Gasteiger partial charge in [-0.15, -0.1) is 0 Å². The molecule has 0 bridgehead atoms. The molecule has 0 saturated carbocycles. The van der Waals surface area contributed by atoms with Crippen LogP contribution in [0.1, 0.15) is 12.0 Å². The molecule has 0 aromatic heterocycles. The van der Waals surface area contributed by atoms with Gasteiger partial charge in [0.1, 0.15) is 5.25 Å². The Labute approximate surface area is 132 Å². The highest BCUT2D eigenvalue weighted by Crippen LogP contribution is 2.25. The molecule has 22 heavy (non-hydrogen) atoms. The van der Waals surface area contributed by atoms with Gasteiger partial charge in [0.15, 0.2) is 11.1 Å². The van der Waals surface area contributed by atoms with Gasteiger partial charge in [-0.3, -0.25) is 9.59 Å². The molecule has 2 amide bonds. The maximum absolute atomic E-state index is 11.9. The van der Waals surface area contributed by atoms with Crippen LogP contribution in [0.3, 0.4) is 0 Å². The number of thioether (sulfide) groups is 1. The first-order valence-electron chi connectivity index (χ1n) is 6.74. The van der Waals surface area contributed by atoms with Crippen molar-refractivity contribution >= 4 is 34.7 Å². The van der Waals surface area contributed by atoms with Crippen LogP contribution in [0.25, 0.3) is 0 Å². The standard InChI is InChI=1S/C14H17N5O2S/c15-13(16)19-14-18-12(21)10(22-14)8-11(20)17-7-6-9-4-2-1-3-5-9/h1-5,10H,6-8H2,(H,17,20)(H4,15,16,18,19,21)/t10-/m0/s1. The van der Waals surface area contributed by atoms with Crippen LogP contribution in [0.5, 0.6) is 0 Å². The normalized spacial score (nSPS) is 17.0. The smallest absolute Gasteiger partial charge is 0.262 e. The first-order valence-corrected chi connectivity index (χ1v) is 7.62. The second-order valence-electron chi connectivity index (χ2n) is 4.67.